The van der Waals surface area contributed by atoms with Gasteiger partial charge in [-0.1, -0.05) is 0 Å². The van der Waals surface area contributed by atoms with Gasteiger partial charge < -0.3 is 19.0 Å². The molecule has 3 heterocycles. The van der Waals surface area contributed by atoms with Crippen LogP contribution < -0.4 is 10.1 Å². The van der Waals surface area contributed by atoms with Crippen molar-refractivity contribution in [3.63, 3.8) is 0 Å². The van der Waals surface area contributed by atoms with Crippen molar-refractivity contribution in [2.24, 2.45) is 0 Å². The van der Waals surface area contributed by atoms with Gasteiger partial charge in [-0.3, -0.25) is 14.5 Å². The molecule has 4 rings (SSSR count). The van der Waals surface area contributed by atoms with Gasteiger partial charge in [-0.25, -0.2) is 4.79 Å². The fraction of sp³-hybridized carbons (Fsp3) is 0.261. The van der Waals surface area contributed by atoms with E-state index in [9.17, 15) is 23.2 Å². The lowest BCUT2D eigenvalue weighted by molar-refractivity contribution is -0.131. The fourth-order valence-electron chi connectivity index (χ4n) is 4.02. The summed E-state index contributed by atoms with van der Waals surface area (Å²) >= 11 is 0. The Morgan fingerprint density at radius 2 is 1.88 bits per heavy atom. The van der Waals surface area contributed by atoms with Crippen LogP contribution in [-0.4, -0.2) is 40.3 Å². The smallest absolute Gasteiger partial charge is 0.387 e. The van der Waals surface area contributed by atoms with Crippen LogP contribution >= 0.6 is 0 Å². The van der Waals surface area contributed by atoms with E-state index in [0.29, 0.717) is 16.9 Å². The van der Waals surface area contributed by atoms with Crippen molar-refractivity contribution in [3.8, 4) is 11.4 Å². The molecule has 1 aromatic carbocycles. The first kappa shape index (κ1) is 22.3. The second-order valence-corrected chi connectivity index (χ2v) is 7.84. The SMILES string of the molecule is Cc1cc(C(=O)CN2C(=O)NC(C)(c3ccco3)C2=O)c(C)n1-c1ccc(OC(F)F)cc1. The highest BCUT2D eigenvalue weighted by Gasteiger charge is 2.51. The topological polar surface area (TPSA) is 93.8 Å². The number of Topliss-reactive ketones (excluding diaryl/α,β-unsaturated/α-hetero) is 1. The molecule has 2 aromatic heterocycles. The lowest BCUT2D eigenvalue weighted by Gasteiger charge is -2.18. The Kier molecular flexibility index (Phi) is 5.52. The van der Waals surface area contributed by atoms with Gasteiger partial charge >= 0.3 is 12.6 Å². The van der Waals surface area contributed by atoms with Crippen LogP contribution in [0.4, 0.5) is 13.6 Å². The van der Waals surface area contributed by atoms with Gasteiger partial charge in [-0.05, 0) is 63.2 Å². The molecule has 33 heavy (non-hydrogen) atoms. The van der Waals surface area contributed by atoms with Crippen molar-refractivity contribution in [3.05, 3.63) is 71.4 Å². The molecular weight excluding hydrogens is 436 g/mol. The van der Waals surface area contributed by atoms with E-state index in [1.54, 1.807) is 48.7 Å². The number of nitrogens with zero attached hydrogens (tertiary/aromatic N) is 2. The lowest BCUT2D eigenvalue weighted by Crippen LogP contribution is -2.41. The minimum Gasteiger partial charge on any atom is -0.466 e. The Labute approximate surface area is 187 Å². The number of nitrogens with one attached hydrogen (secondary N) is 1. The van der Waals surface area contributed by atoms with Crippen LogP contribution in [0.25, 0.3) is 5.69 Å². The van der Waals surface area contributed by atoms with Crippen molar-refractivity contribution in [1.29, 1.82) is 0 Å². The predicted molar refractivity (Wildman–Crippen MR) is 113 cm³/mol. The molecule has 10 heteroatoms. The number of urea groups is 1. The molecule has 0 saturated carbocycles. The number of rotatable bonds is 7. The molecule has 0 bridgehead atoms. The minimum atomic E-state index is -2.92. The zero-order valence-corrected chi connectivity index (χ0v) is 18.1. The molecule has 1 N–H and O–H groups in total. The molecule has 1 unspecified atom stereocenters. The molecule has 0 spiro atoms. The van der Waals surface area contributed by atoms with Gasteiger partial charge in [0.05, 0.1) is 12.8 Å². The maximum atomic E-state index is 13.1. The number of furan rings is 1. The second kappa shape index (κ2) is 8.19. The molecule has 3 aromatic rings. The molecule has 8 nitrogen and oxygen atoms in total. The van der Waals surface area contributed by atoms with Crippen molar-refractivity contribution in [2.45, 2.75) is 32.9 Å². The summed E-state index contributed by atoms with van der Waals surface area (Å²) in [6.45, 7) is 1.67. The summed E-state index contributed by atoms with van der Waals surface area (Å²) in [5, 5.41) is 2.59. The van der Waals surface area contributed by atoms with E-state index in [4.69, 9.17) is 4.42 Å². The number of alkyl halides is 2. The first-order chi connectivity index (χ1) is 15.6. The number of amides is 3. The summed E-state index contributed by atoms with van der Waals surface area (Å²) in [4.78, 5) is 39.4. The normalized spacial score (nSPS) is 18.2. The molecule has 0 radical (unpaired) electrons. The van der Waals surface area contributed by atoms with Gasteiger partial charge in [-0.2, -0.15) is 8.78 Å². The van der Waals surface area contributed by atoms with Crippen LogP contribution in [0.15, 0.2) is 53.1 Å². The summed E-state index contributed by atoms with van der Waals surface area (Å²) in [6.07, 6.45) is 1.40. The van der Waals surface area contributed by atoms with Gasteiger partial charge in [0.25, 0.3) is 5.91 Å². The third-order valence-corrected chi connectivity index (χ3v) is 5.64. The number of benzene rings is 1. The highest BCUT2D eigenvalue weighted by Crippen LogP contribution is 2.30. The van der Waals surface area contributed by atoms with E-state index in [1.807, 2.05) is 0 Å². The molecule has 1 saturated heterocycles. The maximum Gasteiger partial charge on any atom is 0.387 e. The van der Waals surface area contributed by atoms with Crippen molar-refractivity contribution >= 4 is 17.7 Å². The number of carbonyl (C=O) groups is 3. The number of ether oxygens (including phenoxy) is 1. The average Bonchev–Trinajstić information content (AvgIpc) is 3.44. The molecule has 1 aliphatic heterocycles. The fourth-order valence-corrected chi connectivity index (χ4v) is 4.02. The Bertz CT molecular complexity index is 1220. The lowest BCUT2D eigenvalue weighted by atomic mass is 9.99. The van der Waals surface area contributed by atoms with E-state index in [-0.39, 0.29) is 11.5 Å². The summed E-state index contributed by atoms with van der Waals surface area (Å²) < 4.78 is 36.2. The molecular formula is C23H21F2N3O5. The van der Waals surface area contributed by atoms with E-state index in [2.05, 4.69) is 10.1 Å². The molecule has 172 valence electrons. The van der Waals surface area contributed by atoms with E-state index < -0.39 is 36.4 Å². The number of hydrogen-bond acceptors (Lipinski definition) is 5. The maximum absolute atomic E-state index is 13.1. The average molecular weight is 457 g/mol. The standard InChI is InChI=1S/C23H21F2N3O5/c1-13-11-17(14(2)28(13)15-6-8-16(9-7-15)33-21(24)25)18(29)12-27-20(30)23(3,26-22(27)31)19-5-4-10-32-19/h4-11,21H,12H2,1-3H3,(H,26,31). The quantitative estimate of drug-likeness (QED) is 0.429. The number of aryl methyl sites for hydroxylation is 1. The van der Waals surface area contributed by atoms with Gasteiger partial charge in [0.1, 0.15) is 11.5 Å². The number of aromatic nitrogens is 1. The van der Waals surface area contributed by atoms with Gasteiger partial charge in [-0.15, -0.1) is 0 Å². The number of ketones is 1. The van der Waals surface area contributed by atoms with E-state index >= 15 is 0 Å². The third kappa shape index (κ3) is 3.88. The molecule has 3 amide bonds. The first-order valence-electron chi connectivity index (χ1n) is 10.1. The number of hydrogen-bond donors (Lipinski definition) is 1. The number of halogens is 2. The van der Waals surface area contributed by atoms with Crippen LogP contribution in [0.1, 0.15) is 34.4 Å². The van der Waals surface area contributed by atoms with Gasteiger partial charge in [0.2, 0.25) is 0 Å². The third-order valence-electron chi connectivity index (χ3n) is 5.64. The van der Waals surface area contributed by atoms with Crippen LogP contribution in [-0.2, 0) is 10.3 Å². The van der Waals surface area contributed by atoms with Crippen LogP contribution in [0.5, 0.6) is 5.75 Å². The van der Waals surface area contributed by atoms with Crippen molar-refractivity contribution in [2.75, 3.05) is 6.54 Å². The van der Waals surface area contributed by atoms with Gasteiger partial charge in [0.15, 0.2) is 11.3 Å². The highest BCUT2D eigenvalue weighted by molar-refractivity contribution is 6.11. The highest BCUT2D eigenvalue weighted by atomic mass is 19.3. The van der Waals surface area contributed by atoms with Gasteiger partial charge in [0, 0.05) is 22.6 Å². The van der Waals surface area contributed by atoms with Crippen LogP contribution in [0.3, 0.4) is 0 Å². The Hall–Kier alpha value is -3.95. The van der Waals surface area contributed by atoms with Crippen molar-refractivity contribution in [1.82, 2.24) is 14.8 Å². The van der Waals surface area contributed by atoms with E-state index in [0.717, 1.165) is 10.6 Å². The van der Waals surface area contributed by atoms with Crippen LogP contribution in [0.2, 0.25) is 0 Å². The summed E-state index contributed by atoms with van der Waals surface area (Å²) in [5.74, 6) is -0.711. The Balaban J connectivity index is 1.56. The molecule has 0 aliphatic carbocycles. The molecule has 1 aliphatic rings. The number of imide groups is 1. The first-order valence-corrected chi connectivity index (χ1v) is 10.1. The zero-order chi connectivity index (χ0) is 23.9. The molecule has 1 atom stereocenters. The summed E-state index contributed by atoms with van der Waals surface area (Å²) in [7, 11) is 0. The summed E-state index contributed by atoms with van der Waals surface area (Å²) in [5.41, 5.74) is 0.898. The summed E-state index contributed by atoms with van der Waals surface area (Å²) in [6, 6.07) is 10.2. The molecule has 1 fully saturated rings. The second-order valence-electron chi connectivity index (χ2n) is 7.84. The minimum absolute atomic E-state index is 0.0191. The monoisotopic (exact) mass is 457 g/mol. The zero-order valence-electron chi connectivity index (χ0n) is 18.1. The van der Waals surface area contributed by atoms with Crippen molar-refractivity contribution < 1.29 is 32.3 Å². The Morgan fingerprint density at radius 1 is 1.18 bits per heavy atom. The Morgan fingerprint density at radius 3 is 2.48 bits per heavy atom. The van der Waals surface area contributed by atoms with Crippen LogP contribution in [0, 0.1) is 13.8 Å². The van der Waals surface area contributed by atoms with E-state index in [1.165, 1.54) is 25.3 Å². The predicted octanol–water partition coefficient (Wildman–Crippen LogP) is 3.94. The number of carbonyl (C=O) groups excluding carboxylic acids is 3. The largest absolute Gasteiger partial charge is 0.466 e.